The first-order chi connectivity index (χ1) is 7.54. The Hall–Kier alpha value is -0.980. The van der Waals surface area contributed by atoms with Crippen LogP contribution in [0.1, 0.15) is 35.4 Å². The molecule has 90 valence electrons. The first-order valence-corrected chi connectivity index (χ1v) is 5.83. The minimum atomic E-state index is -0.437. The Bertz CT molecular complexity index is 352. The predicted molar refractivity (Wildman–Crippen MR) is 61.5 cm³/mol. The molecule has 0 amide bonds. The van der Waals surface area contributed by atoms with Crippen LogP contribution in [0.25, 0.3) is 0 Å². The number of aromatic nitrogens is 1. The maximum Gasteiger partial charge on any atom is 0.358 e. The number of carbonyl (C=O) groups is 1. The molecule has 0 spiro atoms. The van der Waals surface area contributed by atoms with Crippen LogP contribution in [-0.2, 0) is 9.47 Å². The van der Waals surface area contributed by atoms with Gasteiger partial charge in [-0.3, -0.25) is 0 Å². The molecule has 0 saturated heterocycles. The summed E-state index contributed by atoms with van der Waals surface area (Å²) in [5.41, 5.74) is 5.96. The number of nitrogens with two attached hydrogens (primary N) is 1. The fraction of sp³-hybridized carbons (Fsp3) is 0.600. The number of hydrogen-bond donors (Lipinski definition) is 1. The number of rotatable bonds is 5. The van der Waals surface area contributed by atoms with Crippen LogP contribution in [0.3, 0.4) is 0 Å². The molecule has 1 aromatic rings. The number of ether oxygens (including phenoxy) is 2. The smallest absolute Gasteiger partial charge is 0.358 e. The Kier molecular flexibility index (Phi) is 4.85. The van der Waals surface area contributed by atoms with Crippen molar-refractivity contribution in [2.24, 2.45) is 5.73 Å². The molecule has 1 aromatic heterocycles. The normalized spacial score (nSPS) is 14.5. The van der Waals surface area contributed by atoms with E-state index in [-0.39, 0.29) is 12.1 Å². The zero-order chi connectivity index (χ0) is 12.1. The third-order valence-electron chi connectivity index (χ3n) is 1.83. The van der Waals surface area contributed by atoms with Gasteiger partial charge in [0.1, 0.15) is 11.1 Å². The van der Waals surface area contributed by atoms with Crippen molar-refractivity contribution in [3.05, 3.63) is 16.1 Å². The van der Waals surface area contributed by atoms with Gasteiger partial charge in [-0.1, -0.05) is 0 Å². The zero-order valence-corrected chi connectivity index (χ0v) is 10.4. The second-order valence-electron chi connectivity index (χ2n) is 3.53. The van der Waals surface area contributed by atoms with E-state index in [9.17, 15) is 4.79 Å². The van der Waals surface area contributed by atoms with Crippen molar-refractivity contribution in [1.82, 2.24) is 4.98 Å². The number of methoxy groups -OCH3 is 1. The van der Waals surface area contributed by atoms with E-state index in [2.05, 4.69) is 4.98 Å². The molecule has 0 saturated carbocycles. The van der Waals surface area contributed by atoms with Crippen molar-refractivity contribution < 1.29 is 14.3 Å². The van der Waals surface area contributed by atoms with Crippen LogP contribution >= 0.6 is 11.3 Å². The van der Waals surface area contributed by atoms with E-state index >= 15 is 0 Å². The Balaban J connectivity index is 2.59. The summed E-state index contributed by atoms with van der Waals surface area (Å²) in [6.07, 6.45) is -0.280. The van der Waals surface area contributed by atoms with Gasteiger partial charge in [-0.05, 0) is 13.8 Å². The number of carbonyl (C=O) groups excluding carboxylic acids is 1. The van der Waals surface area contributed by atoms with Gasteiger partial charge in [0, 0.05) is 12.5 Å². The summed E-state index contributed by atoms with van der Waals surface area (Å²) in [7, 11) is 1.56. The highest BCUT2D eigenvalue weighted by Crippen LogP contribution is 2.16. The minimum Gasteiger partial charge on any atom is -0.455 e. The monoisotopic (exact) mass is 244 g/mol. The fourth-order valence-corrected chi connectivity index (χ4v) is 1.85. The molecule has 16 heavy (non-hydrogen) atoms. The third-order valence-corrected chi connectivity index (χ3v) is 2.88. The van der Waals surface area contributed by atoms with E-state index in [0.29, 0.717) is 12.3 Å². The molecule has 0 aliphatic heterocycles. The molecule has 0 aliphatic rings. The largest absolute Gasteiger partial charge is 0.455 e. The van der Waals surface area contributed by atoms with Crippen LogP contribution in [0.4, 0.5) is 0 Å². The van der Waals surface area contributed by atoms with E-state index in [1.165, 1.54) is 11.3 Å². The van der Waals surface area contributed by atoms with Gasteiger partial charge in [-0.25, -0.2) is 9.78 Å². The Morgan fingerprint density at radius 2 is 2.31 bits per heavy atom. The highest BCUT2D eigenvalue weighted by atomic mass is 32.1. The van der Waals surface area contributed by atoms with Crippen molar-refractivity contribution in [3.63, 3.8) is 0 Å². The van der Waals surface area contributed by atoms with E-state index in [4.69, 9.17) is 15.2 Å². The summed E-state index contributed by atoms with van der Waals surface area (Å²) in [6.45, 7) is 3.96. The highest BCUT2D eigenvalue weighted by molar-refractivity contribution is 7.09. The quantitative estimate of drug-likeness (QED) is 0.791. The van der Waals surface area contributed by atoms with E-state index in [0.717, 1.165) is 5.01 Å². The molecular weight excluding hydrogens is 228 g/mol. The average molecular weight is 244 g/mol. The molecule has 2 N–H and O–H groups in total. The number of thiazole rings is 1. The Morgan fingerprint density at radius 3 is 2.81 bits per heavy atom. The standard InChI is InChI=1S/C10H16N2O3S/c1-6(4-14-3)15-10(13)8-5-16-9(12-8)7(2)11/h5-7H,4,11H2,1-3H3. The summed E-state index contributed by atoms with van der Waals surface area (Å²) in [4.78, 5) is 15.7. The molecule has 1 heterocycles. The maximum atomic E-state index is 11.6. The molecule has 6 heteroatoms. The number of esters is 1. The molecule has 1 rings (SSSR count). The fourth-order valence-electron chi connectivity index (χ4n) is 1.10. The van der Waals surface area contributed by atoms with Gasteiger partial charge in [0.15, 0.2) is 5.69 Å². The van der Waals surface area contributed by atoms with Crippen LogP contribution in [0.15, 0.2) is 5.38 Å². The molecule has 0 radical (unpaired) electrons. The Labute approximate surface area is 98.6 Å². The van der Waals surface area contributed by atoms with E-state index in [1.807, 2.05) is 6.92 Å². The van der Waals surface area contributed by atoms with Crippen LogP contribution in [-0.4, -0.2) is 30.8 Å². The molecule has 5 nitrogen and oxygen atoms in total. The van der Waals surface area contributed by atoms with Gasteiger partial charge in [-0.2, -0.15) is 0 Å². The van der Waals surface area contributed by atoms with Crippen LogP contribution < -0.4 is 5.73 Å². The molecular formula is C10H16N2O3S. The summed E-state index contributed by atoms with van der Waals surface area (Å²) in [6, 6.07) is -0.164. The lowest BCUT2D eigenvalue weighted by atomic mass is 10.4. The summed E-state index contributed by atoms with van der Waals surface area (Å²) in [5.74, 6) is -0.437. The molecule has 0 fully saturated rings. The van der Waals surface area contributed by atoms with Gasteiger partial charge < -0.3 is 15.2 Å². The first-order valence-electron chi connectivity index (χ1n) is 4.95. The SMILES string of the molecule is COCC(C)OC(=O)c1csc(C(C)N)n1. The van der Waals surface area contributed by atoms with Gasteiger partial charge in [-0.15, -0.1) is 11.3 Å². The second-order valence-corrected chi connectivity index (χ2v) is 4.42. The summed E-state index contributed by atoms with van der Waals surface area (Å²) in [5, 5.41) is 2.38. The summed E-state index contributed by atoms with van der Waals surface area (Å²) >= 11 is 1.36. The molecule has 2 unspecified atom stereocenters. The molecule has 2 atom stereocenters. The van der Waals surface area contributed by atoms with Crippen molar-refractivity contribution in [1.29, 1.82) is 0 Å². The number of nitrogens with zero attached hydrogens (tertiary/aromatic N) is 1. The van der Waals surface area contributed by atoms with Crippen molar-refractivity contribution in [3.8, 4) is 0 Å². The average Bonchev–Trinajstić information content (AvgIpc) is 2.66. The lowest BCUT2D eigenvalue weighted by Gasteiger charge is -2.10. The lowest BCUT2D eigenvalue weighted by Crippen LogP contribution is -2.20. The first kappa shape index (κ1) is 13.1. The Morgan fingerprint density at radius 1 is 1.62 bits per heavy atom. The topological polar surface area (TPSA) is 74.4 Å². The van der Waals surface area contributed by atoms with Gasteiger partial charge in [0.05, 0.1) is 12.6 Å². The maximum absolute atomic E-state index is 11.6. The molecule has 0 bridgehead atoms. The number of hydrogen-bond acceptors (Lipinski definition) is 6. The zero-order valence-electron chi connectivity index (χ0n) is 9.60. The van der Waals surface area contributed by atoms with Gasteiger partial charge in [0.2, 0.25) is 0 Å². The van der Waals surface area contributed by atoms with Gasteiger partial charge >= 0.3 is 5.97 Å². The second kappa shape index (κ2) is 5.93. The van der Waals surface area contributed by atoms with Crippen molar-refractivity contribution in [2.75, 3.05) is 13.7 Å². The van der Waals surface area contributed by atoms with Crippen LogP contribution in [0.5, 0.6) is 0 Å². The minimum absolute atomic E-state index is 0.164. The highest BCUT2D eigenvalue weighted by Gasteiger charge is 2.16. The van der Waals surface area contributed by atoms with E-state index < -0.39 is 5.97 Å². The van der Waals surface area contributed by atoms with Gasteiger partial charge in [0.25, 0.3) is 0 Å². The molecule has 0 aromatic carbocycles. The summed E-state index contributed by atoms with van der Waals surface area (Å²) < 4.78 is 9.98. The van der Waals surface area contributed by atoms with Crippen LogP contribution in [0.2, 0.25) is 0 Å². The van der Waals surface area contributed by atoms with Crippen molar-refractivity contribution >= 4 is 17.3 Å². The van der Waals surface area contributed by atoms with Crippen molar-refractivity contribution in [2.45, 2.75) is 26.0 Å². The molecule has 0 aliphatic carbocycles. The predicted octanol–water partition coefficient (Wildman–Crippen LogP) is 1.35. The third kappa shape index (κ3) is 3.55. The van der Waals surface area contributed by atoms with E-state index in [1.54, 1.807) is 19.4 Å². The lowest BCUT2D eigenvalue weighted by molar-refractivity contribution is 0.0115. The van der Waals surface area contributed by atoms with Crippen LogP contribution in [0, 0.1) is 0 Å².